The van der Waals surface area contributed by atoms with Crippen molar-refractivity contribution in [3.63, 3.8) is 0 Å². The number of aromatic nitrogens is 2. The van der Waals surface area contributed by atoms with Crippen LogP contribution in [0.5, 0.6) is 0 Å². The fourth-order valence-corrected chi connectivity index (χ4v) is 3.76. The molecule has 146 valence electrons. The highest BCUT2D eigenvalue weighted by atomic mass is 16.4. The first-order valence-electron chi connectivity index (χ1n) is 9.51. The number of carboxylic acid groups (broad SMARTS) is 1. The number of carbonyl (C=O) groups is 1. The minimum absolute atomic E-state index is 0.389. The molecule has 0 aliphatic carbocycles. The summed E-state index contributed by atoms with van der Waals surface area (Å²) in [5.41, 5.74) is 2.45. The molecule has 5 heteroatoms. The van der Waals surface area contributed by atoms with Crippen molar-refractivity contribution in [1.29, 1.82) is 0 Å². The molecular formula is C23H27N3O2. The maximum atomic E-state index is 11.7. The molecule has 1 heterocycles. The average Bonchev–Trinajstić information content (AvgIpc) is 3.12. The molecule has 0 saturated heterocycles. The van der Waals surface area contributed by atoms with E-state index in [0.717, 1.165) is 22.5 Å². The third-order valence-corrected chi connectivity index (χ3v) is 5.35. The molecule has 0 aliphatic heterocycles. The van der Waals surface area contributed by atoms with E-state index >= 15 is 0 Å². The van der Waals surface area contributed by atoms with Crippen molar-refractivity contribution in [2.24, 2.45) is 5.41 Å². The van der Waals surface area contributed by atoms with Crippen LogP contribution >= 0.6 is 0 Å². The summed E-state index contributed by atoms with van der Waals surface area (Å²) in [7, 11) is 0. The Hall–Kier alpha value is -3.08. The minimum atomic E-state index is -1.06. The molecule has 2 aromatic carbocycles. The van der Waals surface area contributed by atoms with Gasteiger partial charge < -0.3 is 15.4 Å². The van der Waals surface area contributed by atoms with Crippen LogP contribution in [0.15, 0.2) is 60.7 Å². The smallest absolute Gasteiger partial charge is 0.405 e. The van der Waals surface area contributed by atoms with Gasteiger partial charge in [0.25, 0.3) is 0 Å². The van der Waals surface area contributed by atoms with Gasteiger partial charge in [0.15, 0.2) is 0 Å². The lowest BCUT2D eigenvalue weighted by Gasteiger charge is -2.42. The standard InChI is InChI=1S/C23H27N3O2/c1-5-23(22(2,3)4,26-21(27)28)20-24-18(16-12-8-6-9-13-16)19(25-20)17-14-10-7-11-15-17/h6-15,26H,5H2,1-4H3,(H,24,25)(H,27,28). The minimum Gasteiger partial charge on any atom is -0.465 e. The predicted octanol–water partition coefficient (Wildman–Crippen LogP) is 5.66. The van der Waals surface area contributed by atoms with E-state index in [2.05, 4.69) is 10.3 Å². The normalized spacial score (nSPS) is 13.7. The van der Waals surface area contributed by atoms with Crippen molar-refractivity contribution in [2.75, 3.05) is 0 Å². The highest BCUT2D eigenvalue weighted by Gasteiger charge is 2.46. The zero-order valence-electron chi connectivity index (χ0n) is 16.8. The fraction of sp³-hybridized carbons (Fsp3) is 0.304. The topological polar surface area (TPSA) is 78.0 Å². The number of hydrogen-bond acceptors (Lipinski definition) is 2. The van der Waals surface area contributed by atoms with Crippen molar-refractivity contribution >= 4 is 6.09 Å². The Kier molecular flexibility index (Phi) is 5.27. The zero-order chi connectivity index (χ0) is 20.4. The molecule has 1 amide bonds. The fourth-order valence-electron chi connectivity index (χ4n) is 3.76. The van der Waals surface area contributed by atoms with Gasteiger partial charge in [-0.3, -0.25) is 0 Å². The van der Waals surface area contributed by atoms with Gasteiger partial charge in [-0.05, 0) is 11.8 Å². The van der Waals surface area contributed by atoms with Crippen molar-refractivity contribution in [3.8, 4) is 22.5 Å². The molecular weight excluding hydrogens is 350 g/mol. The zero-order valence-corrected chi connectivity index (χ0v) is 16.8. The van der Waals surface area contributed by atoms with Crippen LogP contribution in [-0.4, -0.2) is 21.2 Å². The van der Waals surface area contributed by atoms with Crippen LogP contribution in [0.2, 0.25) is 0 Å². The number of hydrogen-bond donors (Lipinski definition) is 3. The number of nitrogens with one attached hydrogen (secondary N) is 2. The van der Waals surface area contributed by atoms with Crippen LogP contribution in [0.4, 0.5) is 4.79 Å². The monoisotopic (exact) mass is 377 g/mol. The van der Waals surface area contributed by atoms with E-state index < -0.39 is 11.6 Å². The summed E-state index contributed by atoms with van der Waals surface area (Å²) in [4.78, 5) is 20.1. The van der Waals surface area contributed by atoms with Crippen molar-refractivity contribution in [1.82, 2.24) is 15.3 Å². The molecule has 1 unspecified atom stereocenters. The lowest BCUT2D eigenvalue weighted by molar-refractivity contribution is 0.107. The molecule has 3 rings (SSSR count). The van der Waals surface area contributed by atoms with Crippen LogP contribution < -0.4 is 5.32 Å². The summed E-state index contributed by atoms with van der Waals surface area (Å²) in [6.07, 6.45) is -0.491. The Morgan fingerprint density at radius 1 is 1.00 bits per heavy atom. The van der Waals surface area contributed by atoms with Gasteiger partial charge in [0.1, 0.15) is 11.4 Å². The Morgan fingerprint density at radius 2 is 1.54 bits per heavy atom. The summed E-state index contributed by atoms with van der Waals surface area (Å²) in [6.45, 7) is 8.06. The average molecular weight is 377 g/mol. The van der Waals surface area contributed by atoms with E-state index in [4.69, 9.17) is 4.98 Å². The summed E-state index contributed by atoms with van der Waals surface area (Å²) >= 11 is 0. The van der Waals surface area contributed by atoms with Crippen LogP contribution in [-0.2, 0) is 5.54 Å². The van der Waals surface area contributed by atoms with Crippen molar-refractivity contribution in [2.45, 2.75) is 39.7 Å². The first-order chi connectivity index (χ1) is 13.3. The molecule has 1 aromatic heterocycles. The number of amides is 1. The maximum absolute atomic E-state index is 11.7. The van der Waals surface area contributed by atoms with E-state index in [1.165, 1.54) is 0 Å². The van der Waals surface area contributed by atoms with Gasteiger partial charge in [-0.15, -0.1) is 0 Å². The molecule has 0 spiro atoms. The number of aromatic amines is 1. The van der Waals surface area contributed by atoms with E-state index in [9.17, 15) is 9.90 Å². The van der Waals surface area contributed by atoms with Gasteiger partial charge in [0.05, 0.1) is 11.4 Å². The molecule has 0 aliphatic rings. The Labute approximate surface area is 165 Å². The highest BCUT2D eigenvalue weighted by Crippen LogP contribution is 2.43. The Bertz CT molecular complexity index is 886. The van der Waals surface area contributed by atoms with E-state index in [0.29, 0.717) is 12.2 Å². The molecule has 0 radical (unpaired) electrons. The second-order valence-electron chi connectivity index (χ2n) is 7.98. The first-order valence-corrected chi connectivity index (χ1v) is 9.51. The molecule has 3 N–H and O–H groups in total. The molecule has 1 atom stereocenters. The molecule has 0 saturated carbocycles. The van der Waals surface area contributed by atoms with Crippen molar-refractivity contribution < 1.29 is 9.90 Å². The summed E-state index contributed by atoms with van der Waals surface area (Å²) in [5.74, 6) is 0.627. The molecule has 3 aromatic rings. The second-order valence-corrected chi connectivity index (χ2v) is 7.98. The van der Waals surface area contributed by atoms with Crippen LogP contribution in [0, 0.1) is 5.41 Å². The van der Waals surface area contributed by atoms with E-state index in [1.807, 2.05) is 88.4 Å². The van der Waals surface area contributed by atoms with Gasteiger partial charge >= 0.3 is 6.09 Å². The molecule has 0 bridgehead atoms. The van der Waals surface area contributed by atoms with Gasteiger partial charge in [0, 0.05) is 11.1 Å². The first kappa shape index (κ1) is 19.7. The van der Waals surface area contributed by atoms with Gasteiger partial charge in [-0.1, -0.05) is 88.4 Å². The number of imidazole rings is 1. The summed E-state index contributed by atoms with van der Waals surface area (Å²) < 4.78 is 0. The lowest BCUT2D eigenvalue weighted by Crippen LogP contribution is -2.54. The van der Waals surface area contributed by atoms with Crippen LogP contribution in [0.3, 0.4) is 0 Å². The number of H-pyrrole nitrogens is 1. The summed E-state index contributed by atoms with van der Waals surface area (Å²) in [6, 6.07) is 19.9. The Balaban J connectivity index is 2.27. The van der Waals surface area contributed by atoms with Gasteiger partial charge in [-0.25, -0.2) is 9.78 Å². The highest BCUT2D eigenvalue weighted by molar-refractivity contribution is 5.78. The molecule has 0 fully saturated rings. The quantitative estimate of drug-likeness (QED) is 0.536. The van der Waals surface area contributed by atoms with Gasteiger partial charge in [0.2, 0.25) is 0 Å². The van der Waals surface area contributed by atoms with Gasteiger partial charge in [-0.2, -0.15) is 0 Å². The van der Waals surface area contributed by atoms with E-state index in [1.54, 1.807) is 0 Å². The lowest BCUT2D eigenvalue weighted by atomic mass is 9.71. The van der Waals surface area contributed by atoms with Crippen LogP contribution in [0.25, 0.3) is 22.5 Å². The largest absolute Gasteiger partial charge is 0.465 e. The SMILES string of the molecule is CCC(NC(=O)O)(c1nc(-c2ccccc2)c(-c2ccccc2)[nH]1)C(C)(C)C. The second kappa shape index (κ2) is 7.50. The number of benzene rings is 2. The third kappa shape index (κ3) is 3.52. The van der Waals surface area contributed by atoms with Crippen molar-refractivity contribution in [3.05, 3.63) is 66.5 Å². The summed E-state index contributed by atoms with van der Waals surface area (Å²) in [5, 5.41) is 12.3. The molecule has 28 heavy (non-hydrogen) atoms. The number of nitrogens with zero attached hydrogens (tertiary/aromatic N) is 1. The Morgan fingerprint density at radius 3 is 2.00 bits per heavy atom. The number of rotatable bonds is 5. The predicted molar refractivity (Wildman–Crippen MR) is 112 cm³/mol. The molecule has 5 nitrogen and oxygen atoms in total. The maximum Gasteiger partial charge on any atom is 0.405 e. The van der Waals surface area contributed by atoms with E-state index in [-0.39, 0.29) is 5.41 Å². The van der Waals surface area contributed by atoms with Crippen LogP contribution in [0.1, 0.15) is 39.9 Å². The third-order valence-electron chi connectivity index (χ3n) is 5.35.